The van der Waals surface area contributed by atoms with E-state index < -0.39 is 0 Å². The van der Waals surface area contributed by atoms with Gasteiger partial charge in [-0.1, -0.05) is 29.3 Å². The van der Waals surface area contributed by atoms with Crippen molar-refractivity contribution in [3.63, 3.8) is 0 Å². The summed E-state index contributed by atoms with van der Waals surface area (Å²) in [5.74, 6) is 1.34. The Labute approximate surface area is 100 Å². The van der Waals surface area contributed by atoms with Gasteiger partial charge in [0.15, 0.2) is 0 Å². The fourth-order valence-corrected chi connectivity index (χ4v) is 2.54. The van der Waals surface area contributed by atoms with Crippen LogP contribution in [0.5, 0.6) is 0 Å². The topological polar surface area (TPSA) is 20.2 Å². The van der Waals surface area contributed by atoms with E-state index in [1.165, 1.54) is 5.92 Å². The molecule has 15 heavy (non-hydrogen) atoms. The Hall–Kier alpha value is -0.240. The van der Waals surface area contributed by atoms with Gasteiger partial charge in [-0.3, -0.25) is 0 Å². The molecule has 1 aromatic carbocycles. The summed E-state index contributed by atoms with van der Waals surface area (Å²) in [5, 5.41) is 10.8. The van der Waals surface area contributed by atoms with Crippen LogP contribution in [-0.2, 0) is 0 Å². The van der Waals surface area contributed by atoms with Gasteiger partial charge in [-0.05, 0) is 43.4 Å². The molecule has 0 atom stereocenters. The molecular formula is C12H13Cl2O. The lowest BCUT2D eigenvalue weighted by molar-refractivity contribution is 0.138. The summed E-state index contributed by atoms with van der Waals surface area (Å²) in [4.78, 5) is 0. The highest BCUT2D eigenvalue weighted by Crippen LogP contribution is 2.36. The van der Waals surface area contributed by atoms with Crippen LogP contribution in [0.2, 0.25) is 10.0 Å². The van der Waals surface area contributed by atoms with Crippen LogP contribution in [0, 0.1) is 5.92 Å². The largest absolute Gasteiger partial charge is 0.393 e. The van der Waals surface area contributed by atoms with Crippen LogP contribution in [0.3, 0.4) is 0 Å². The second-order valence-electron chi connectivity index (χ2n) is 3.96. The molecule has 0 amide bonds. The van der Waals surface area contributed by atoms with Crippen molar-refractivity contribution in [2.75, 3.05) is 0 Å². The molecule has 1 fully saturated rings. The maximum absolute atomic E-state index is 9.42. The summed E-state index contributed by atoms with van der Waals surface area (Å²) in [6.07, 6.45) is 3.41. The van der Waals surface area contributed by atoms with Crippen molar-refractivity contribution in [2.45, 2.75) is 31.8 Å². The zero-order chi connectivity index (χ0) is 10.8. The fraction of sp³-hybridized carbons (Fsp3) is 0.417. The molecule has 0 aromatic heterocycles. The summed E-state index contributed by atoms with van der Waals surface area (Å²) in [6, 6.07) is 5.61. The third-order valence-corrected chi connectivity index (χ3v) is 3.42. The second kappa shape index (κ2) is 4.73. The monoisotopic (exact) mass is 243 g/mol. The molecule has 1 aliphatic carbocycles. The van der Waals surface area contributed by atoms with Crippen LogP contribution in [0.4, 0.5) is 0 Å². The zero-order valence-electron chi connectivity index (χ0n) is 8.34. The Balaban J connectivity index is 2.15. The Morgan fingerprint density at radius 3 is 2.40 bits per heavy atom. The van der Waals surface area contributed by atoms with E-state index in [0.717, 1.165) is 31.2 Å². The Morgan fingerprint density at radius 1 is 1.13 bits per heavy atom. The van der Waals surface area contributed by atoms with Crippen LogP contribution in [-0.4, -0.2) is 11.2 Å². The van der Waals surface area contributed by atoms with Crippen LogP contribution in [0.15, 0.2) is 18.2 Å². The third kappa shape index (κ3) is 2.66. The van der Waals surface area contributed by atoms with E-state index in [4.69, 9.17) is 23.2 Å². The van der Waals surface area contributed by atoms with E-state index in [9.17, 15) is 5.11 Å². The first-order chi connectivity index (χ1) is 7.16. The van der Waals surface area contributed by atoms with Crippen LogP contribution >= 0.6 is 23.2 Å². The van der Waals surface area contributed by atoms with Gasteiger partial charge in [-0.2, -0.15) is 0 Å². The van der Waals surface area contributed by atoms with E-state index in [1.54, 1.807) is 6.07 Å². The molecule has 0 spiro atoms. The van der Waals surface area contributed by atoms with Crippen molar-refractivity contribution in [1.82, 2.24) is 0 Å². The summed E-state index contributed by atoms with van der Waals surface area (Å²) >= 11 is 12.0. The van der Waals surface area contributed by atoms with Gasteiger partial charge in [0.05, 0.1) is 6.10 Å². The maximum Gasteiger partial charge on any atom is 0.0540 e. The van der Waals surface area contributed by atoms with Gasteiger partial charge in [-0.25, -0.2) is 0 Å². The number of hydrogen-bond donors (Lipinski definition) is 1. The predicted molar refractivity (Wildman–Crippen MR) is 63.3 cm³/mol. The maximum atomic E-state index is 9.42. The van der Waals surface area contributed by atoms with Gasteiger partial charge in [0, 0.05) is 16.0 Å². The molecule has 81 valence electrons. The first-order valence-electron chi connectivity index (χ1n) is 5.15. The minimum absolute atomic E-state index is 0.139. The molecule has 0 aliphatic heterocycles. The number of rotatable bonds is 1. The van der Waals surface area contributed by atoms with Crippen molar-refractivity contribution in [3.8, 4) is 0 Å². The quantitative estimate of drug-likeness (QED) is 0.795. The number of halogens is 2. The molecule has 1 aromatic rings. The molecule has 0 unspecified atom stereocenters. The van der Waals surface area contributed by atoms with Gasteiger partial charge in [0.2, 0.25) is 0 Å². The Morgan fingerprint density at radius 2 is 1.80 bits per heavy atom. The molecule has 1 aliphatic rings. The van der Waals surface area contributed by atoms with E-state index in [0.29, 0.717) is 10.0 Å². The minimum Gasteiger partial charge on any atom is -0.393 e. The smallest absolute Gasteiger partial charge is 0.0540 e. The summed E-state index contributed by atoms with van der Waals surface area (Å²) < 4.78 is 0. The van der Waals surface area contributed by atoms with Crippen LogP contribution in [0.25, 0.3) is 0 Å². The average Bonchev–Trinajstić information content (AvgIpc) is 2.20. The van der Waals surface area contributed by atoms with Crippen molar-refractivity contribution < 1.29 is 5.11 Å². The first kappa shape index (κ1) is 11.3. The van der Waals surface area contributed by atoms with Gasteiger partial charge in [-0.15, -0.1) is 0 Å². The fourth-order valence-electron chi connectivity index (χ4n) is 2.00. The number of hydrogen-bond acceptors (Lipinski definition) is 1. The van der Waals surface area contributed by atoms with E-state index >= 15 is 0 Å². The number of aliphatic hydroxyl groups is 1. The Bertz CT molecular complexity index is 343. The SMILES string of the molecule is OC1CC[C](c2ccc(Cl)cc2Cl)CC1. The molecule has 3 heteroatoms. The summed E-state index contributed by atoms with van der Waals surface area (Å²) in [7, 11) is 0. The molecule has 0 saturated heterocycles. The summed E-state index contributed by atoms with van der Waals surface area (Å²) in [6.45, 7) is 0. The second-order valence-corrected chi connectivity index (χ2v) is 4.80. The lowest BCUT2D eigenvalue weighted by Gasteiger charge is -2.25. The highest BCUT2D eigenvalue weighted by Gasteiger charge is 2.22. The normalized spacial score (nSPS) is 19.4. The predicted octanol–water partition coefficient (Wildman–Crippen LogP) is 3.85. The molecular weight excluding hydrogens is 231 g/mol. The van der Waals surface area contributed by atoms with Gasteiger partial charge in [0.25, 0.3) is 0 Å². The standard InChI is InChI=1S/C12H13Cl2O/c13-9-3-6-11(12(14)7-9)8-1-4-10(15)5-2-8/h3,6-7,10,15H,1-2,4-5H2. The highest BCUT2D eigenvalue weighted by molar-refractivity contribution is 6.35. The van der Waals surface area contributed by atoms with Crippen LogP contribution < -0.4 is 0 Å². The number of benzene rings is 1. The van der Waals surface area contributed by atoms with Crippen molar-refractivity contribution in [2.24, 2.45) is 0 Å². The molecule has 2 rings (SSSR count). The molecule has 0 heterocycles. The molecule has 1 N–H and O–H groups in total. The average molecular weight is 244 g/mol. The molecule has 1 saturated carbocycles. The van der Waals surface area contributed by atoms with E-state index in [1.807, 2.05) is 12.1 Å². The van der Waals surface area contributed by atoms with Crippen molar-refractivity contribution in [3.05, 3.63) is 39.7 Å². The van der Waals surface area contributed by atoms with Gasteiger partial charge < -0.3 is 5.11 Å². The van der Waals surface area contributed by atoms with Gasteiger partial charge >= 0.3 is 0 Å². The highest BCUT2D eigenvalue weighted by atomic mass is 35.5. The molecule has 1 nitrogen and oxygen atoms in total. The summed E-state index contributed by atoms with van der Waals surface area (Å²) in [5.41, 5.74) is 1.09. The minimum atomic E-state index is -0.139. The third-order valence-electron chi connectivity index (χ3n) is 2.87. The lowest BCUT2D eigenvalue weighted by atomic mass is 9.83. The van der Waals surface area contributed by atoms with Crippen molar-refractivity contribution in [1.29, 1.82) is 0 Å². The zero-order valence-corrected chi connectivity index (χ0v) is 9.85. The lowest BCUT2D eigenvalue weighted by Crippen LogP contribution is -2.17. The number of aliphatic hydroxyl groups excluding tert-OH is 1. The van der Waals surface area contributed by atoms with Crippen LogP contribution in [0.1, 0.15) is 31.2 Å². The van der Waals surface area contributed by atoms with E-state index in [2.05, 4.69) is 0 Å². The first-order valence-corrected chi connectivity index (χ1v) is 5.90. The van der Waals surface area contributed by atoms with E-state index in [-0.39, 0.29) is 6.10 Å². The molecule has 0 bridgehead atoms. The van der Waals surface area contributed by atoms with Gasteiger partial charge in [0.1, 0.15) is 0 Å². The molecule has 1 radical (unpaired) electrons. The Kier molecular flexibility index (Phi) is 3.55. The van der Waals surface area contributed by atoms with Crippen molar-refractivity contribution >= 4 is 23.2 Å².